The molecule has 0 aromatic heterocycles. The van der Waals surface area contributed by atoms with E-state index in [0.29, 0.717) is 18.0 Å². The molecule has 232 valence electrons. The van der Waals surface area contributed by atoms with Gasteiger partial charge in [-0.15, -0.1) is 0 Å². The topological polar surface area (TPSA) is 76.7 Å². The Morgan fingerprint density at radius 3 is 1.52 bits per heavy atom. The molecule has 6 nitrogen and oxygen atoms in total. The van der Waals surface area contributed by atoms with Crippen LogP contribution in [0.2, 0.25) is 0 Å². The van der Waals surface area contributed by atoms with Crippen molar-refractivity contribution < 1.29 is 19.1 Å². The van der Waals surface area contributed by atoms with E-state index in [2.05, 4.69) is 97.2 Å². The highest BCUT2D eigenvalue weighted by atomic mass is 16.6. The summed E-state index contributed by atoms with van der Waals surface area (Å²) in [4.78, 5) is 26.3. The number of hydrogen-bond acceptors (Lipinski definition) is 4. The number of nitrogens with one attached hydrogen (secondary N) is 2. The third-order valence-electron chi connectivity index (χ3n) is 8.76. The van der Waals surface area contributed by atoms with E-state index in [4.69, 9.17) is 9.47 Å². The maximum absolute atomic E-state index is 13.2. The molecule has 2 N–H and O–H groups in total. The van der Waals surface area contributed by atoms with Crippen molar-refractivity contribution in [1.82, 2.24) is 10.6 Å². The van der Waals surface area contributed by atoms with Gasteiger partial charge in [0.25, 0.3) is 0 Å². The second-order valence-corrected chi connectivity index (χ2v) is 13.1. The van der Waals surface area contributed by atoms with Crippen LogP contribution in [0.15, 0.2) is 24.3 Å². The van der Waals surface area contributed by atoms with Gasteiger partial charge in [-0.3, -0.25) is 0 Å². The number of carbonyl (C=O) groups excluding carboxylic acids is 2. The molecule has 0 aliphatic heterocycles. The van der Waals surface area contributed by atoms with Gasteiger partial charge >= 0.3 is 12.2 Å². The van der Waals surface area contributed by atoms with E-state index < -0.39 is 12.2 Å². The summed E-state index contributed by atoms with van der Waals surface area (Å²) in [6.45, 7) is 19.8. The number of hydrogen-bond donors (Lipinski definition) is 2. The van der Waals surface area contributed by atoms with Gasteiger partial charge in [-0.25, -0.2) is 9.59 Å². The molecule has 1 saturated carbocycles. The van der Waals surface area contributed by atoms with Crippen molar-refractivity contribution in [1.29, 1.82) is 0 Å². The molecule has 0 heterocycles. The van der Waals surface area contributed by atoms with Gasteiger partial charge in [0.15, 0.2) is 0 Å². The second kappa shape index (κ2) is 14.4. The fraction of sp³-hybridized carbons (Fsp3) is 0.611. The van der Waals surface area contributed by atoms with Crippen molar-refractivity contribution >= 4 is 12.2 Å². The predicted octanol–water partition coefficient (Wildman–Crippen LogP) is 8.52. The van der Waals surface area contributed by atoms with Gasteiger partial charge in [-0.2, -0.15) is 0 Å². The normalized spacial score (nSPS) is 19.7. The van der Waals surface area contributed by atoms with E-state index in [1.54, 1.807) is 0 Å². The van der Waals surface area contributed by atoms with E-state index in [1.807, 2.05) is 0 Å². The lowest BCUT2D eigenvalue weighted by molar-refractivity contribution is 0.0701. The molecule has 1 aliphatic carbocycles. The highest BCUT2D eigenvalue weighted by molar-refractivity contribution is 5.72. The first-order valence-electron chi connectivity index (χ1n) is 16.1. The van der Waals surface area contributed by atoms with E-state index in [0.717, 1.165) is 80.0 Å². The average molecular weight is 579 g/mol. The molecular formula is C36H54N2O4. The van der Waals surface area contributed by atoms with Crippen molar-refractivity contribution in [3.05, 3.63) is 57.6 Å². The number of aryl methyl sites for hydroxylation is 6. The van der Waals surface area contributed by atoms with Crippen LogP contribution in [0.25, 0.3) is 0 Å². The molecule has 0 spiro atoms. The van der Waals surface area contributed by atoms with Crippen molar-refractivity contribution in [3.8, 4) is 11.5 Å². The Bertz CT molecular complexity index is 1200. The number of benzene rings is 2. The van der Waals surface area contributed by atoms with E-state index in [1.165, 1.54) is 11.1 Å². The van der Waals surface area contributed by atoms with Gasteiger partial charge in [0.2, 0.25) is 0 Å². The van der Waals surface area contributed by atoms with Crippen LogP contribution < -0.4 is 20.1 Å². The molecule has 6 heteroatoms. The summed E-state index contributed by atoms with van der Waals surface area (Å²) in [6.07, 6.45) is 6.82. The van der Waals surface area contributed by atoms with Gasteiger partial charge < -0.3 is 20.1 Å². The lowest BCUT2D eigenvalue weighted by atomic mass is 9.62. The average Bonchev–Trinajstić information content (AvgIpc) is 2.94. The van der Waals surface area contributed by atoms with Crippen LogP contribution in [-0.2, 0) is 38.5 Å². The Morgan fingerprint density at radius 2 is 1.12 bits per heavy atom. The Morgan fingerprint density at radius 1 is 0.690 bits per heavy atom. The SMILES string of the molecule is CCc1cc(CC)c(OC(=O)NCC2(C)CC(NC(=O)Oc3c(CC)cc(CC)cc3CC)CC(C)(C)C2)c(CC)c1. The standard InChI is InChI=1S/C36H54N2O4/c1-10-24-16-26(12-3)31(27(13-4)17-24)41-33(39)37-23-36(9)21-30(20-35(7,8)22-36)38-34(40)42-32-28(14-5)18-25(11-2)19-29(32)15-6/h16-19,30H,10-15,20-23H2,1-9H3,(H,37,39)(H,38,40). The molecule has 2 aromatic carbocycles. The third-order valence-corrected chi connectivity index (χ3v) is 8.76. The zero-order valence-electron chi connectivity index (χ0n) is 27.6. The minimum atomic E-state index is -0.424. The first-order valence-corrected chi connectivity index (χ1v) is 16.1. The summed E-state index contributed by atoms with van der Waals surface area (Å²) < 4.78 is 11.9. The van der Waals surface area contributed by atoms with Crippen LogP contribution in [0, 0.1) is 10.8 Å². The quantitative estimate of drug-likeness (QED) is 0.280. The van der Waals surface area contributed by atoms with E-state index in [9.17, 15) is 9.59 Å². The smallest absolute Gasteiger partial charge is 0.410 e. The summed E-state index contributed by atoms with van der Waals surface area (Å²) in [6, 6.07) is 8.53. The number of carbonyl (C=O) groups is 2. The maximum atomic E-state index is 13.2. The molecule has 42 heavy (non-hydrogen) atoms. The number of amides is 2. The molecule has 2 amide bonds. The van der Waals surface area contributed by atoms with Crippen LogP contribution in [0.5, 0.6) is 11.5 Å². The fourth-order valence-corrected chi connectivity index (χ4v) is 6.95. The van der Waals surface area contributed by atoms with Gasteiger partial charge in [0.05, 0.1) is 0 Å². The van der Waals surface area contributed by atoms with Crippen LogP contribution in [0.4, 0.5) is 9.59 Å². The summed E-state index contributed by atoms with van der Waals surface area (Å²) >= 11 is 0. The van der Waals surface area contributed by atoms with Gasteiger partial charge in [-0.1, -0.05) is 86.6 Å². The summed E-state index contributed by atoms with van der Waals surface area (Å²) in [5.41, 5.74) is 6.58. The van der Waals surface area contributed by atoms with Crippen molar-refractivity contribution in [3.63, 3.8) is 0 Å². The van der Waals surface area contributed by atoms with Crippen LogP contribution >= 0.6 is 0 Å². The molecule has 1 aliphatic rings. The maximum Gasteiger partial charge on any atom is 0.412 e. The Balaban J connectivity index is 1.69. The zero-order valence-corrected chi connectivity index (χ0v) is 27.6. The van der Waals surface area contributed by atoms with Gasteiger partial charge in [0, 0.05) is 12.6 Å². The first-order chi connectivity index (χ1) is 19.9. The van der Waals surface area contributed by atoms with Crippen molar-refractivity contribution in [2.24, 2.45) is 10.8 Å². The minimum Gasteiger partial charge on any atom is -0.410 e. The molecule has 2 atom stereocenters. The Kier molecular flexibility index (Phi) is 11.5. The lowest BCUT2D eigenvalue weighted by Gasteiger charge is -2.46. The van der Waals surface area contributed by atoms with Gasteiger partial charge in [0.1, 0.15) is 11.5 Å². The molecule has 0 saturated heterocycles. The van der Waals surface area contributed by atoms with Crippen molar-refractivity contribution in [2.75, 3.05) is 6.54 Å². The molecule has 2 unspecified atom stereocenters. The third kappa shape index (κ3) is 8.52. The molecule has 3 rings (SSSR count). The highest BCUT2D eigenvalue weighted by Crippen LogP contribution is 2.46. The van der Waals surface area contributed by atoms with E-state index >= 15 is 0 Å². The minimum absolute atomic E-state index is 0.0107. The first kappa shape index (κ1) is 33.5. The monoisotopic (exact) mass is 578 g/mol. The zero-order chi connectivity index (χ0) is 31.1. The predicted molar refractivity (Wildman–Crippen MR) is 172 cm³/mol. The molecule has 0 radical (unpaired) electrons. The van der Waals surface area contributed by atoms with Crippen molar-refractivity contribution in [2.45, 2.75) is 126 Å². The van der Waals surface area contributed by atoms with Crippen LogP contribution in [0.1, 0.15) is 115 Å². The summed E-state index contributed by atoms with van der Waals surface area (Å²) in [5, 5.41) is 6.23. The lowest BCUT2D eigenvalue weighted by Crippen LogP contribution is -2.51. The molecule has 0 bridgehead atoms. The largest absolute Gasteiger partial charge is 0.412 e. The Labute approximate surface area is 254 Å². The number of ether oxygens (including phenoxy) is 2. The highest BCUT2D eigenvalue weighted by Gasteiger charge is 2.42. The molecule has 1 fully saturated rings. The fourth-order valence-electron chi connectivity index (χ4n) is 6.95. The summed E-state index contributed by atoms with van der Waals surface area (Å²) in [7, 11) is 0. The van der Waals surface area contributed by atoms with Crippen LogP contribution in [0.3, 0.4) is 0 Å². The number of rotatable bonds is 11. The summed E-state index contributed by atoms with van der Waals surface area (Å²) in [5.74, 6) is 1.39. The molecular weight excluding hydrogens is 524 g/mol. The Hall–Kier alpha value is -3.02. The van der Waals surface area contributed by atoms with Crippen LogP contribution in [-0.4, -0.2) is 24.8 Å². The molecule has 2 aromatic rings. The van der Waals surface area contributed by atoms with E-state index in [-0.39, 0.29) is 16.9 Å². The second-order valence-electron chi connectivity index (χ2n) is 13.1. The van der Waals surface area contributed by atoms with Gasteiger partial charge in [-0.05, 0) is 102 Å².